The third kappa shape index (κ3) is 3.60. The van der Waals surface area contributed by atoms with Crippen LogP contribution >= 0.6 is 0 Å². The number of hydrogen-bond acceptors (Lipinski definition) is 5. The molecule has 2 aromatic rings. The molecule has 0 bridgehead atoms. The maximum atomic E-state index is 11.6. The van der Waals surface area contributed by atoms with Crippen LogP contribution in [0.25, 0.3) is 0 Å². The highest BCUT2D eigenvalue weighted by atomic mass is 16.4. The predicted molar refractivity (Wildman–Crippen MR) is 64.5 cm³/mol. The van der Waals surface area contributed by atoms with Gasteiger partial charge in [0.05, 0.1) is 12.7 Å². The molecular formula is C11H11N5O3. The van der Waals surface area contributed by atoms with E-state index < -0.39 is 5.97 Å². The lowest BCUT2D eigenvalue weighted by atomic mass is 10.3. The topological polar surface area (TPSA) is 110 Å². The summed E-state index contributed by atoms with van der Waals surface area (Å²) in [5.41, 5.74) is -0.117. The van der Waals surface area contributed by atoms with Gasteiger partial charge in [0.2, 0.25) is 5.91 Å². The van der Waals surface area contributed by atoms with E-state index in [4.69, 9.17) is 5.11 Å². The molecule has 1 amide bonds. The second kappa shape index (κ2) is 5.71. The van der Waals surface area contributed by atoms with Gasteiger partial charge in [-0.15, -0.1) is 5.10 Å². The van der Waals surface area contributed by atoms with E-state index in [0.29, 0.717) is 6.54 Å². The molecule has 0 spiro atoms. The molecule has 0 fully saturated rings. The average Bonchev–Trinajstić information content (AvgIpc) is 2.90. The largest absolute Gasteiger partial charge is 0.477 e. The highest BCUT2D eigenvalue weighted by Gasteiger charge is 2.08. The Balaban J connectivity index is 1.91. The van der Waals surface area contributed by atoms with Crippen molar-refractivity contribution in [1.82, 2.24) is 20.0 Å². The highest BCUT2D eigenvalue weighted by molar-refractivity contribution is 5.91. The number of amides is 1. The van der Waals surface area contributed by atoms with Crippen molar-refractivity contribution >= 4 is 17.7 Å². The number of nitrogens with one attached hydrogen (secondary N) is 1. The van der Waals surface area contributed by atoms with Gasteiger partial charge in [-0.05, 0) is 12.1 Å². The molecule has 2 heterocycles. The summed E-state index contributed by atoms with van der Waals surface area (Å²) in [5, 5.41) is 18.6. The van der Waals surface area contributed by atoms with Gasteiger partial charge in [0.1, 0.15) is 5.82 Å². The summed E-state index contributed by atoms with van der Waals surface area (Å²) >= 11 is 0. The Bertz CT molecular complexity index is 582. The summed E-state index contributed by atoms with van der Waals surface area (Å²) in [4.78, 5) is 26.1. The lowest BCUT2D eigenvalue weighted by Crippen LogP contribution is -2.16. The first-order chi connectivity index (χ1) is 9.15. The van der Waals surface area contributed by atoms with Crippen LogP contribution in [0, 0.1) is 0 Å². The number of hydrogen-bond donors (Lipinski definition) is 2. The molecule has 2 rings (SSSR count). The summed E-state index contributed by atoms with van der Waals surface area (Å²) in [6, 6.07) is 4.40. The van der Waals surface area contributed by atoms with Crippen LogP contribution in [0.1, 0.15) is 16.9 Å². The van der Waals surface area contributed by atoms with E-state index >= 15 is 0 Å². The van der Waals surface area contributed by atoms with E-state index in [-0.39, 0.29) is 23.8 Å². The maximum Gasteiger partial charge on any atom is 0.354 e. The number of carboxylic acid groups (broad SMARTS) is 1. The molecule has 0 radical (unpaired) electrons. The Kier molecular flexibility index (Phi) is 3.81. The average molecular weight is 261 g/mol. The van der Waals surface area contributed by atoms with Gasteiger partial charge < -0.3 is 10.4 Å². The fourth-order valence-corrected chi connectivity index (χ4v) is 1.40. The monoisotopic (exact) mass is 261 g/mol. The third-order valence-corrected chi connectivity index (χ3v) is 2.28. The van der Waals surface area contributed by atoms with Gasteiger partial charge in [-0.3, -0.25) is 9.48 Å². The second-order valence-electron chi connectivity index (χ2n) is 3.68. The van der Waals surface area contributed by atoms with Gasteiger partial charge >= 0.3 is 5.97 Å². The van der Waals surface area contributed by atoms with Crippen LogP contribution < -0.4 is 5.32 Å². The standard InChI is InChI=1S/C11H11N5O3/c17-10(4-6-16-7-5-12-15-16)14-9-3-1-2-8(13-9)11(18)19/h1-3,5,7H,4,6H2,(H,18,19)(H,13,14,17). The van der Waals surface area contributed by atoms with Gasteiger partial charge in [-0.1, -0.05) is 11.3 Å². The van der Waals surface area contributed by atoms with Crippen LogP contribution in [0.15, 0.2) is 30.6 Å². The molecule has 2 aromatic heterocycles. The molecule has 98 valence electrons. The smallest absolute Gasteiger partial charge is 0.354 e. The van der Waals surface area contributed by atoms with Crippen molar-refractivity contribution in [3.63, 3.8) is 0 Å². The number of carbonyl (C=O) groups excluding carboxylic acids is 1. The van der Waals surface area contributed by atoms with Crippen molar-refractivity contribution < 1.29 is 14.7 Å². The normalized spacial score (nSPS) is 10.1. The number of nitrogens with zero attached hydrogens (tertiary/aromatic N) is 4. The summed E-state index contributed by atoms with van der Waals surface area (Å²) in [6.07, 6.45) is 3.37. The third-order valence-electron chi connectivity index (χ3n) is 2.28. The number of aryl methyl sites for hydroxylation is 1. The minimum atomic E-state index is -1.14. The number of carbonyl (C=O) groups is 2. The lowest BCUT2D eigenvalue weighted by Gasteiger charge is -2.04. The van der Waals surface area contributed by atoms with E-state index in [0.717, 1.165) is 0 Å². The zero-order chi connectivity index (χ0) is 13.7. The fourth-order valence-electron chi connectivity index (χ4n) is 1.40. The molecule has 0 aliphatic rings. The summed E-state index contributed by atoms with van der Waals surface area (Å²) in [7, 11) is 0. The number of carboxylic acids is 1. The molecule has 0 aromatic carbocycles. The van der Waals surface area contributed by atoms with Crippen LogP contribution in [0.2, 0.25) is 0 Å². The highest BCUT2D eigenvalue weighted by Crippen LogP contribution is 2.05. The van der Waals surface area contributed by atoms with Crippen LogP contribution in [0.3, 0.4) is 0 Å². The Hall–Kier alpha value is -2.77. The first-order valence-corrected chi connectivity index (χ1v) is 5.49. The first kappa shape index (κ1) is 12.7. The summed E-state index contributed by atoms with van der Waals surface area (Å²) < 4.78 is 1.53. The van der Waals surface area contributed by atoms with Gasteiger partial charge in [0.25, 0.3) is 0 Å². The summed E-state index contributed by atoms with van der Waals surface area (Å²) in [6.45, 7) is 0.393. The Morgan fingerprint density at radius 3 is 2.89 bits per heavy atom. The molecule has 8 nitrogen and oxygen atoms in total. The van der Waals surface area contributed by atoms with Gasteiger partial charge in [0, 0.05) is 12.6 Å². The number of aromatic carboxylic acids is 1. The maximum absolute atomic E-state index is 11.6. The van der Waals surface area contributed by atoms with Gasteiger partial charge in [0.15, 0.2) is 5.69 Å². The van der Waals surface area contributed by atoms with Crippen LogP contribution in [-0.4, -0.2) is 37.0 Å². The minimum Gasteiger partial charge on any atom is -0.477 e. The van der Waals surface area contributed by atoms with E-state index in [1.54, 1.807) is 6.20 Å². The summed E-state index contributed by atoms with van der Waals surface area (Å²) in [5.74, 6) is -1.20. The zero-order valence-corrected chi connectivity index (χ0v) is 9.85. The van der Waals surface area contributed by atoms with Crippen molar-refractivity contribution in [3.05, 3.63) is 36.3 Å². The lowest BCUT2D eigenvalue weighted by molar-refractivity contribution is -0.116. The number of rotatable bonds is 5. The molecule has 0 saturated heterocycles. The van der Waals surface area contributed by atoms with Crippen molar-refractivity contribution in [2.45, 2.75) is 13.0 Å². The van der Waals surface area contributed by atoms with Crippen LogP contribution in [0.4, 0.5) is 5.82 Å². The molecule has 0 aliphatic carbocycles. The molecular weight excluding hydrogens is 250 g/mol. The fraction of sp³-hybridized carbons (Fsp3) is 0.182. The van der Waals surface area contributed by atoms with Crippen molar-refractivity contribution in [2.24, 2.45) is 0 Å². The number of aromatic nitrogens is 4. The quantitative estimate of drug-likeness (QED) is 0.806. The molecule has 8 heteroatoms. The van der Waals surface area contributed by atoms with E-state index in [2.05, 4.69) is 20.6 Å². The van der Waals surface area contributed by atoms with Crippen LogP contribution in [0.5, 0.6) is 0 Å². The zero-order valence-electron chi connectivity index (χ0n) is 9.85. The number of pyridine rings is 1. The molecule has 0 atom stereocenters. The van der Waals surface area contributed by atoms with Gasteiger partial charge in [-0.25, -0.2) is 9.78 Å². The Labute approximate surface area is 108 Å². The van der Waals surface area contributed by atoms with Crippen molar-refractivity contribution in [1.29, 1.82) is 0 Å². The predicted octanol–water partition coefficient (Wildman–Crippen LogP) is 0.400. The molecule has 19 heavy (non-hydrogen) atoms. The van der Waals surface area contributed by atoms with Gasteiger partial charge in [-0.2, -0.15) is 0 Å². The molecule has 2 N–H and O–H groups in total. The van der Waals surface area contributed by atoms with E-state index in [1.807, 2.05) is 0 Å². The first-order valence-electron chi connectivity index (χ1n) is 5.49. The Morgan fingerprint density at radius 1 is 1.37 bits per heavy atom. The molecule has 0 unspecified atom stereocenters. The number of anilines is 1. The minimum absolute atomic E-state index is 0.117. The SMILES string of the molecule is O=C(CCn1ccnn1)Nc1cccc(C(=O)O)n1. The van der Waals surface area contributed by atoms with Crippen molar-refractivity contribution in [3.8, 4) is 0 Å². The van der Waals surface area contributed by atoms with Crippen LogP contribution in [-0.2, 0) is 11.3 Å². The second-order valence-corrected chi connectivity index (χ2v) is 3.68. The van der Waals surface area contributed by atoms with Crippen molar-refractivity contribution in [2.75, 3.05) is 5.32 Å². The Morgan fingerprint density at radius 2 is 2.21 bits per heavy atom. The van der Waals surface area contributed by atoms with E-state index in [1.165, 1.54) is 29.1 Å². The van der Waals surface area contributed by atoms with E-state index in [9.17, 15) is 9.59 Å². The molecule has 0 saturated carbocycles. The molecule has 0 aliphatic heterocycles.